The number of carbonyl (C=O) groups is 1. The molecule has 6 atom stereocenters. The SMILES string of the molecule is CC12CCC(=O)C=C1C=CC1C2CCC2(C)C(O)CCC12.[Ac]. The molecule has 0 aromatic heterocycles. The van der Waals surface area contributed by atoms with Gasteiger partial charge in [0, 0.05) is 50.5 Å². The van der Waals surface area contributed by atoms with Gasteiger partial charge in [-0.25, -0.2) is 0 Å². The van der Waals surface area contributed by atoms with Crippen LogP contribution in [0.15, 0.2) is 23.8 Å². The largest absolute Gasteiger partial charge is 0.393 e. The van der Waals surface area contributed by atoms with E-state index >= 15 is 0 Å². The molecule has 0 aromatic carbocycles. The molecule has 1 radical (unpaired) electrons. The molecule has 117 valence electrons. The number of hydrogen-bond acceptors (Lipinski definition) is 2. The Morgan fingerprint density at radius 3 is 2.68 bits per heavy atom. The van der Waals surface area contributed by atoms with E-state index in [1.54, 1.807) is 0 Å². The van der Waals surface area contributed by atoms with Crippen LogP contribution in [0, 0.1) is 72.6 Å². The minimum Gasteiger partial charge on any atom is -0.393 e. The summed E-state index contributed by atoms with van der Waals surface area (Å²) in [6, 6.07) is 0. The second-order valence-electron chi connectivity index (χ2n) is 8.27. The van der Waals surface area contributed by atoms with Crippen molar-refractivity contribution in [3.8, 4) is 0 Å². The Bertz CT molecular complexity index is 552. The van der Waals surface area contributed by atoms with E-state index in [4.69, 9.17) is 0 Å². The van der Waals surface area contributed by atoms with Crippen molar-refractivity contribution in [2.75, 3.05) is 0 Å². The molecule has 0 heterocycles. The normalized spacial score (nSPS) is 49.6. The van der Waals surface area contributed by atoms with Gasteiger partial charge >= 0.3 is 0 Å². The Morgan fingerprint density at radius 1 is 1.14 bits per heavy atom. The van der Waals surface area contributed by atoms with Crippen LogP contribution in [-0.2, 0) is 4.79 Å². The predicted octanol–water partition coefficient (Wildman–Crippen LogP) is 3.66. The standard InChI is InChI=1S/C19H26O2.Ac/c1-18-9-7-13(20)11-12(18)3-4-14-15-5-6-17(21)19(15,2)10-8-16(14)18;/h3-4,11,14-17,21H,5-10H2,1-2H3;. The zero-order valence-electron chi connectivity index (χ0n) is 13.7. The summed E-state index contributed by atoms with van der Waals surface area (Å²) in [6.07, 6.45) is 12.6. The van der Waals surface area contributed by atoms with Crippen molar-refractivity contribution in [1.82, 2.24) is 0 Å². The number of allylic oxidation sites excluding steroid dienone is 4. The summed E-state index contributed by atoms with van der Waals surface area (Å²) in [7, 11) is 0. The van der Waals surface area contributed by atoms with Gasteiger partial charge in [-0.05, 0) is 72.3 Å². The molecule has 4 aliphatic rings. The van der Waals surface area contributed by atoms with Gasteiger partial charge in [-0.1, -0.05) is 26.0 Å². The third-order valence-corrected chi connectivity index (χ3v) is 7.47. The van der Waals surface area contributed by atoms with E-state index in [0.29, 0.717) is 30.0 Å². The van der Waals surface area contributed by atoms with Gasteiger partial charge < -0.3 is 5.11 Å². The van der Waals surface area contributed by atoms with Gasteiger partial charge in [0.05, 0.1) is 6.10 Å². The molecule has 4 rings (SSSR count). The van der Waals surface area contributed by atoms with Crippen LogP contribution < -0.4 is 0 Å². The van der Waals surface area contributed by atoms with E-state index in [2.05, 4.69) is 26.0 Å². The van der Waals surface area contributed by atoms with Gasteiger partial charge in [0.2, 0.25) is 0 Å². The monoisotopic (exact) mass is 513 g/mol. The van der Waals surface area contributed by atoms with E-state index in [1.165, 1.54) is 12.0 Å². The first-order valence-electron chi connectivity index (χ1n) is 8.56. The Kier molecular flexibility index (Phi) is 4.60. The van der Waals surface area contributed by atoms with Crippen LogP contribution in [0.1, 0.15) is 52.4 Å². The van der Waals surface area contributed by atoms with Gasteiger partial charge in [-0.15, -0.1) is 0 Å². The molecule has 2 fully saturated rings. The van der Waals surface area contributed by atoms with Crippen molar-refractivity contribution in [3.63, 3.8) is 0 Å². The molecule has 3 heteroatoms. The van der Waals surface area contributed by atoms with Crippen molar-refractivity contribution in [2.24, 2.45) is 28.6 Å². The second kappa shape index (κ2) is 5.82. The van der Waals surface area contributed by atoms with Gasteiger partial charge in [0.15, 0.2) is 5.78 Å². The number of ketones is 1. The average Bonchev–Trinajstić information content (AvgIpc) is 2.76. The molecule has 1 N–H and O–H groups in total. The Balaban J connectivity index is 0.00000144. The summed E-state index contributed by atoms with van der Waals surface area (Å²) in [4.78, 5) is 11.8. The number of carbonyl (C=O) groups excluding carboxylic acids is 1. The third-order valence-electron chi connectivity index (χ3n) is 7.47. The fourth-order valence-corrected chi connectivity index (χ4v) is 5.97. The summed E-state index contributed by atoms with van der Waals surface area (Å²) in [5.41, 5.74) is 1.57. The second-order valence-corrected chi connectivity index (χ2v) is 8.27. The van der Waals surface area contributed by atoms with Gasteiger partial charge in [0.25, 0.3) is 0 Å². The van der Waals surface area contributed by atoms with Gasteiger partial charge in [0.1, 0.15) is 0 Å². The van der Waals surface area contributed by atoms with E-state index in [9.17, 15) is 9.90 Å². The van der Waals surface area contributed by atoms with Crippen molar-refractivity contribution in [1.29, 1.82) is 0 Å². The maximum atomic E-state index is 11.8. The zero-order chi connectivity index (χ0) is 14.8. The number of rotatable bonds is 0. The van der Waals surface area contributed by atoms with Crippen LogP contribution in [0.4, 0.5) is 0 Å². The number of hydrogen-bond donors (Lipinski definition) is 1. The maximum Gasteiger partial charge on any atom is 0.156 e. The van der Waals surface area contributed by atoms with Crippen molar-refractivity contribution < 1.29 is 54.0 Å². The molecule has 0 aromatic rings. The van der Waals surface area contributed by atoms with Crippen molar-refractivity contribution in [3.05, 3.63) is 23.8 Å². The average molecular weight is 513 g/mol. The number of aliphatic hydroxyl groups is 1. The molecule has 6 unspecified atom stereocenters. The van der Waals surface area contributed by atoms with E-state index in [0.717, 1.165) is 25.7 Å². The first-order valence-corrected chi connectivity index (χ1v) is 8.56. The minimum absolute atomic E-state index is 0. The third kappa shape index (κ3) is 2.29. The predicted molar refractivity (Wildman–Crippen MR) is 82.6 cm³/mol. The summed E-state index contributed by atoms with van der Waals surface area (Å²) < 4.78 is 0. The molecule has 0 bridgehead atoms. The van der Waals surface area contributed by atoms with E-state index in [1.807, 2.05) is 6.08 Å². The van der Waals surface area contributed by atoms with E-state index < -0.39 is 0 Å². The van der Waals surface area contributed by atoms with Gasteiger partial charge in [-0.3, -0.25) is 4.79 Å². The topological polar surface area (TPSA) is 37.3 Å². The van der Waals surface area contributed by atoms with Crippen LogP contribution in [0.25, 0.3) is 0 Å². The zero-order valence-corrected chi connectivity index (χ0v) is 18.5. The molecule has 4 aliphatic carbocycles. The smallest absolute Gasteiger partial charge is 0.156 e. The van der Waals surface area contributed by atoms with Crippen LogP contribution in [0.5, 0.6) is 0 Å². The van der Waals surface area contributed by atoms with E-state index in [-0.39, 0.29) is 61.0 Å². The summed E-state index contributed by atoms with van der Waals surface area (Å²) in [5.74, 6) is 2.17. The molecular weight excluding hydrogens is 487 g/mol. The van der Waals surface area contributed by atoms with Crippen LogP contribution in [0.2, 0.25) is 0 Å². The molecule has 0 aliphatic heterocycles. The summed E-state index contributed by atoms with van der Waals surface area (Å²) in [6.45, 7) is 4.68. The molecule has 2 saturated carbocycles. The minimum atomic E-state index is -0.116. The Labute approximate surface area is 169 Å². The van der Waals surface area contributed by atoms with Crippen LogP contribution >= 0.6 is 0 Å². The fourth-order valence-electron chi connectivity index (χ4n) is 5.97. The molecule has 0 saturated heterocycles. The van der Waals surface area contributed by atoms with Crippen LogP contribution in [0.3, 0.4) is 0 Å². The molecule has 22 heavy (non-hydrogen) atoms. The molecular formula is C19H26AcO2. The summed E-state index contributed by atoms with van der Waals surface area (Å²) in [5, 5.41) is 10.4. The first-order chi connectivity index (χ1) is 9.95. The Hall–Kier alpha value is 0.552. The summed E-state index contributed by atoms with van der Waals surface area (Å²) >= 11 is 0. The first kappa shape index (κ1) is 17.4. The quantitative estimate of drug-likeness (QED) is 0.537. The molecule has 0 amide bonds. The molecule has 0 spiro atoms. The fraction of sp³-hybridized carbons (Fsp3) is 0.737. The molecule has 2 nitrogen and oxygen atoms in total. The maximum absolute atomic E-state index is 11.8. The number of aliphatic hydroxyl groups excluding tert-OH is 1. The number of fused-ring (bicyclic) bond motifs is 5. The van der Waals surface area contributed by atoms with Crippen LogP contribution in [-0.4, -0.2) is 17.0 Å². The van der Waals surface area contributed by atoms with Gasteiger partial charge in [-0.2, -0.15) is 0 Å². The van der Waals surface area contributed by atoms with Crippen molar-refractivity contribution in [2.45, 2.75) is 58.5 Å². The Morgan fingerprint density at radius 2 is 1.91 bits per heavy atom. The van der Waals surface area contributed by atoms with Crippen molar-refractivity contribution >= 4 is 5.78 Å².